The smallest absolute Gasteiger partial charge is 0.256 e. The zero-order valence-corrected chi connectivity index (χ0v) is 17.7. The number of fused-ring (bicyclic) bond motifs is 1. The number of furan rings is 1. The minimum Gasteiger partial charge on any atom is -0.466 e. The Morgan fingerprint density at radius 3 is 2.63 bits per heavy atom. The lowest BCUT2D eigenvalue weighted by molar-refractivity contribution is 0.102. The molecule has 8 heteroatoms. The summed E-state index contributed by atoms with van der Waals surface area (Å²) in [5.74, 6) is 0.600. The van der Waals surface area contributed by atoms with E-state index >= 15 is 0 Å². The number of amides is 1. The predicted molar refractivity (Wildman–Crippen MR) is 114 cm³/mol. The Bertz CT molecular complexity index is 1280. The Morgan fingerprint density at radius 2 is 2.00 bits per heavy atom. The highest BCUT2D eigenvalue weighted by Gasteiger charge is 2.21. The van der Waals surface area contributed by atoms with E-state index in [1.165, 1.54) is 12.1 Å². The van der Waals surface area contributed by atoms with Crippen LogP contribution < -0.4 is 5.32 Å². The number of nitrogens with zero attached hydrogens (tertiary/aromatic N) is 3. The molecule has 0 aliphatic carbocycles. The predicted octanol–water partition coefficient (Wildman–Crippen LogP) is 5.93. The highest BCUT2D eigenvalue weighted by molar-refractivity contribution is 6.34. The van der Waals surface area contributed by atoms with Gasteiger partial charge in [-0.2, -0.15) is 5.10 Å². The van der Waals surface area contributed by atoms with Crippen LogP contribution in [0.3, 0.4) is 0 Å². The van der Waals surface area contributed by atoms with Gasteiger partial charge in [-0.3, -0.25) is 4.79 Å². The molecule has 6 nitrogen and oxygen atoms in total. The van der Waals surface area contributed by atoms with Crippen molar-refractivity contribution in [1.82, 2.24) is 14.8 Å². The minimum atomic E-state index is -0.476. The molecule has 3 aromatic heterocycles. The van der Waals surface area contributed by atoms with Crippen LogP contribution in [0.2, 0.25) is 5.02 Å². The average Bonchev–Trinajstić information content (AvgIpc) is 3.25. The van der Waals surface area contributed by atoms with E-state index in [0.29, 0.717) is 33.7 Å². The first-order valence-corrected chi connectivity index (χ1v) is 9.84. The molecule has 1 amide bonds. The van der Waals surface area contributed by atoms with Gasteiger partial charge >= 0.3 is 0 Å². The molecule has 0 bridgehead atoms. The molecule has 0 aliphatic heterocycles. The number of aromatic nitrogens is 3. The maximum absolute atomic E-state index is 13.3. The zero-order chi connectivity index (χ0) is 21.6. The molecule has 0 unspecified atom stereocenters. The van der Waals surface area contributed by atoms with Gasteiger partial charge in [-0.25, -0.2) is 14.1 Å². The monoisotopic (exact) mass is 426 g/mol. The minimum absolute atomic E-state index is 0.0555. The number of anilines is 1. The molecule has 4 aromatic rings. The average molecular weight is 427 g/mol. The molecule has 1 N–H and O–H groups in total. The lowest BCUT2D eigenvalue weighted by atomic mass is 10.1. The SMILES string of the molecule is Cc1cc(-c2cc(C(=O)Nc3ccc(F)cc3Cl)c3cnn(C(C)C)c3n2)c(C)o1. The number of aryl methyl sites for hydroxylation is 2. The first kappa shape index (κ1) is 20.1. The molecule has 0 fully saturated rings. The maximum atomic E-state index is 13.3. The summed E-state index contributed by atoms with van der Waals surface area (Å²) in [7, 11) is 0. The van der Waals surface area contributed by atoms with Crippen molar-refractivity contribution >= 4 is 34.2 Å². The van der Waals surface area contributed by atoms with Crippen molar-refractivity contribution in [3.05, 3.63) is 64.5 Å². The van der Waals surface area contributed by atoms with E-state index in [2.05, 4.69) is 10.4 Å². The van der Waals surface area contributed by atoms with Crippen LogP contribution in [0.5, 0.6) is 0 Å². The summed E-state index contributed by atoms with van der Waals surface area (Å²) in [5, 5.41) is 7.90. The van der Waals surface area contributed by atoms with Crippen LogP contribution in [-0.2, 0) is 0 Å². The largest absolute Gasteiger partial charge is 0.466 e. The molecule has 0 atom stereocenters. The molecule has 0 saturated heterocycles. The van der Waals surface area contributed by atoms with Crippen LogP contribution >= 0.6 is 11.6 Å². The van der Waals surface area contributed by atoms with E-state index in [4.69, 9.17) is 21.0 Å². The number of carbonyl (C=O) groups excluding carboxylic acids is 1. The molecule has 0 aliphatic rings. The van der Waals surface area contributed by atoms with Crippen molar-refractivity contribution in [3.8, 4) is 11.3 Å². The first-order chi connectivity index (χ1) is 14.2. The van der Waals surface area contributed by atoms with Gasteiger partial charge in [-0.15, -0.1) is 0 Å². The Balaban J connectivity index is 1.87. The Hall–Kier alpha value is -3.19. The molecule has 0 radical (unpaired) electrons. The van der Waals surface area contributed by atoms with Crippen LogP contribution in [0.4, 0.5) is 10.1 Å². The molecule has 154 valence electrons. The number of halogens is 2. The second-order valence-corrected chi connectivity index (χ2v) is 7.79. The zero-order valence-electron chi connectivity index (χ0n) is 17.0. The number of nitrogens with one attached hydrogen (secondary N) is 1. The van der Waals surface area contributed by atoms with Crippen molar-refractivity contribution in [3.63, 3.8) is 0 Å². The maximum Gasteiger partial charge on any atom is 0.256 e. The summed E-state index contributed by atoms with van der Waals surface area (Å²) in [5.41, 5.74) is 2.71. The molecule has 0 saturated carbocycles. The van der Waals surface area contributed by atoms with E-state index in [0.717, 1.165) is 17.4 Å². The highest BCUT2D eigenvalue weighted by atomic mass is 35.5. The summed E-state index contributed by atoms with van der Waals surface area (Å²) in [6, 6.07) is 7.47. The Morgan fingerprint density at radius 1 is 1.23 bits per heavy atom. The second-order valence-electron chi connectivity index (χ2n) is 7.38. The number of pyridine rings is 1. The van der Waals surface area contributed by atoms with Gasteiger partial charge in [-0.1, -0.05) is 11.6 Å². The van der Waals surface area contributed by atoms with E-state index in [-0.39, 0.29) is 11.1 Å². The summed E-state index contributed by atoms with van der Waals surface area (Å²) < 4.78 is 20.8. The number of hydrogen-bond acceptors (Lipinski definition) is 4. The molecular weight excluding hydrogens is 407 g/mol. The first-order valence-electron chi connectivity index (χ1n) is 9.46. The van der Waals surface area contributed by atoms with Gasteiger partial charge in [0.25, 0.3) is 5.91 Å². The summed E-state index contributed by atoms with van der Waals surface area (Å²) >= 11 is 6.08. The third-order valence-corrected chi connectivity index (χ3v) is 5.11. The van der Waals surface area contributed by atoms with E-state index in [1.807, 2.05) is 33.8 Å². The standard InChI is InChI=1S/C22H20ClFN4O2/c1-11(2)28-21-17(10-25-28)16(9-20(26-21)15-7-12(3)30-13(15)4)22(29)27-19-6-5-14(24)8-18(19)23/h5-11H,1-4H3,(H,27,29). The quantitative estimate of drug-likeness (QED) is 0.438. The molecule has 0 spiro atoms. The van der Waals surface area contributed by atoms with Crippen LogP contribution in [0.15, 0.2) is 40.9 Å². The third kappa shape index (κ3) is 3.57. The van der Waals surface area contributed by atoms with Gasteiger partial charge < -0.3 is 9.73 Å². The van der Waals surface area contributed by atoms with Crippen molar-refractivity contribution in [2.24, 2.45) is 0 Å². The molecule has 1 aromatic carbocycles. The second kappa shape index (κ2) is 7.57. The van der Waals surface area contributed by atoms with Gasteiger partial charge in [0.15, 0.2) is 5.65 Å². The van der Waals surface area contributed by atoms with Crippen LogP contribution in [0.1, 0.15) is 41.8 Å². The van der Waals surface area contributed by atoms with Crippen molar-refractivity contribution in [2.75, 3.05) is 5.32 Å². The fraction of sp³-hybridized carbons (Fsp3) is 0.227. The van der Waals surface area contributed by atoms with Crippen molar-refractivity contribution in [2.45, 2.75) is 33.7 Å². The fourth-order valence-electron chi connectivity index (χ4n) is 3.39. The van der Waals surface area contributed by atoms with Crippen LogP contribution in [-0.4, -0.2) is 20.7 Å². The van der Waals surface area contributed by atoms with Crippen LogP contribution in [0.25, 0.3) is 22.3 Å². The van der Waals surface area contributed by atoms with E-state index < -0.39 is 11.7 Å². The Labute approximate surface area is 177 Å². The number of rotatable bonds is 4. The van der Waals surface area contributed by atoms with Gasteiger partial charge in [0.2, 0.25) is 0 Å². The molecular formula is C22H20ClFN4O2. The number of hydrogen-bond donors (Lipinski definition) is 1. The normalized spacial score (nSPS) is 11.4. The highest BCUT2D eigenvalue weighted by Crippen LogP contribution is 2.31. The van der Waals surface area contributed by atoms with Gasteiger partial charge in [0, 0.05) is 11.6 Å². The lowest BCUT2D eigenvalue weighted by Gasteiger charge is -2.11. The summed E-state index contributed by atoms with van der Waals surface area (Å²) in [6.07, 6.45) is 1.63. The summed E-state index contributed by atoms with van der Waals surface area (Å²) in [6.45, 7) is 7.70. The number of carbonyl (C=O) groups is 1. The van der Waals surface area contributed by atoms with Gasteiger partial charge in [0.05, 0.1) is 33.6 Å². The third-order valence-electron chi connectivity index (χ3n) is 4.80. The summed E-state index contributed by atoms with van der Waals surface area (Å²) in [4.78, 5) is 17.9. The Kier molecular flexibility index (Phi) is 5.07. The molecule has 4 rings (SSSR count). The van der Waals surface area contributed by atoms with Gasteiger partial charge in [-0.05, 0) is 58.0 Å². The van der Waals surface area contributed by atoms with Crippen molar-refractivity contribution in [1.29, 1.82) is 0 Å². The molecule has 30 heavy (non-hydrogen) atoms. The fourth-order valence-corrected chi connectivity index (χ4v) is 3.60. The lowest BCUT2D eigenvalue weighted by Crippen LogP contribution is -2.14. The topological polar surface area (TPSA) is 73.0 Å². The van der Waals surface area contributed by atoms with Gasteiger partial charge in [0.1, 0.15) is 17.3 Å². The van der Waals surface area contributed by atoms with E-state index in [9.17, 15) is 9.18 Å². The van der Waals surface area contributed by atoms with Crippen molar-refractivity contribution < 1.29 is 13.6 Å². The molecule has 3 heterocycles. The number of benzene rings is 1. The van der Waals surface area contributed by atoms with Crippen LogP contribution in [0, 0.1) is 19.7 Å². The van der Waals surface area contributed by atoms with E-state index in [1.54, 1.807) is 16.9 Å².